The van der Waals surface area contributed by atoms with E-state index in [9.17, 15) is 13.6 Å². The molecule has 1 aromatic rings. The van der Waals surface area contributed by atoms with Gasteiger partial charge in [0.15, 0.2) is 0 Å². The Labute approximate surface area is 124 Å². The van der Waals surface area contributed by atoms with Gasteiger partial charge in [-0.2, -0.15) is 0 Å². The van der Waals surface area contributed by atoms with Crippen molar-refractivity contribution in [2.75, 3.05) is 13.1 Å². The molecule has 0 aliphatic carbocycles. The first-order valence-electron chi connectivity index (χ1n) is 7.50. The molecule has 116 valence electrons. The fourth-order valence-electron chi connectivity index (χ4n) is 3.00. The Morgan fingerprint density at radius 1 is 1.43 bits per heavy atom. The number of benzene rings is 1. The van der Waals surface area contributed by atoms with Crippen molar-refractivity contribution in [3.05, 3.63) is 35.4 Å². The third-order valence-corrected chi connectivity index (χ3v) is 4.14. The molecular formula is C16H22F2N2O. The molecule has 0 spiro atoms. The molecule has 2 N–H and O–H groups in total. The number of nitrogens with one attached hydrogen (secondary N) is 2. The Hall–Kier alpha value is -1.49. The van der Waals surface area contributed by atoms with E-state index in [0.717, 1.165) is 38.3 Å². The van der Waals surface area contributed by atoms with Crippen LogP contribution in [0.4, 0.5) is 8.78 Å². The number of hydrogen-bond acceptors (Lipinski definition) is 2. The zero-order valence-electron chi connectivity index (χ0n) is 12.3. The highest BCUT2D eigenvalue weighted by Gasteiger charge is 2.38. The van der Waals surface area contributed by atoms with E-state index in [1.807, 2.05) is 0 Å². The molecular weight excluding hydrogens is 274 g/mol. The average Bonchev–Trinajstić information content (AvgIpc) is 2.47. The van der Waals surface area contributed by atoms with Gasteiger partial charge in [-0.05, 0) is 31.9 Å². The van der Waals surface area contributed by atoms with E-state index in [-0.39, 0.29) is 12.5 Å². The maximum atomic E-state index is 13.6. The van der Waals surface area contributed by atoms with Gasteiger partial charge in [-0.1, -0.05) is 19.4 Å². The summed E-state index contributed by atoms with van der Waals surface area (Å²) >= 11 is 0. The SMILES string of the molecule is CCCC1(C(=O)NCc2ccc(F)cc2F)CCCNC1. The number of hydrogen-bond donors (Lipinski definition) is 2. The number of piperidine rings is 1. The van der Waals surface area contributed by atoms with Crippen molar-refractivity contribution in [2.45, 2.75) is 39.2 Å². The lowest BCUT2D eigenvalue weighted by molar-refractivity contribution is -0.132. The van der Waals surface area contributed by atoms with Gasteiger partial charge < -0.3 is 10.6 Å². The monoisotopic (exact) mass is 296 g/mol. The Balaban J connectivity index is 2.01. The maximum Gasteiger partial charge on any atom is 0.227 e. The summed E-state index contributed by atoms with van der Waals surface area (Å²) in [6.45, 7) is 3.75. The second kappa shape index (κ2) is 6.98. The van der Waals surface area contributed by atoms with E-state index in [1.165, 1.54) is 12.1 Å². The van der Waals surface area contributed by atoms with Gasteiger partial charge in [-0.25, -0.2) is 8.78 Å². The third-order valence-electron chi connectivity index (χ3n) is 4.14. The first kappa shape index (κ1) is 15.9. The summed E-state index contributed by atoms with van der Waals surface area (Å²) < 4.78 is 26.4. The summed E-state index contributed by atoms with van der Waals surface area (Å²) in [5, 5.41) is 6.09. The molecule has 1 unspecified atom stereocenters. The first-order chi connectivity index (χ1) is 10.1. The molecule has 1 aliphatic rings. The van der Waals surface area contributed by atoms with Gasteiger partial charge in [0, 0.05) is 24.7 Å². The van der Waals surface area contributed by atoms with Gasteiger partial charge in [0.05, 0.1) is 5.41 Å². The van der Waals surface area contributed by atoms with Crippen LogP contribution >= 0.6 is 0 Å². The highest BCUT2D eigenvalue weighted by atomic mass is 19.1. The zero-order valence-corrected chi connectivity index (χ0v) is 12.3. The Bertz CT molecular complexity index is 494. The molecule has 0 bridgehead atoms. The van der Waals surface area contributed by atoms with Crippen molar-refractivity contribution < 1.29 is 13.6 Å². The molecule has 1 aliphatic heterocycles. The van der Waals surface area contributed by atoms with Crippen molar-refractivity contribution in [2.24, 2.45) is 5.41 Å². The average molecular weight is 296 g/mol. The summed E-state index contributed by atoms with van der Waals surface area (Å²) in [4.78, 5) is 12.5. The molecule has 0 radical (unpaired) electrons. The van der Waals surface area contributed by atoms with Crippen LogP contribution in [0.15, 0.2) is 18.2 Å². The van der Waals surface area contributed by atoms with E-state index in [4.69, 9.17) is 0 Å². The highest BCUT2D eigenvalue weighted by molar-refractivity contribution is 5.83. The fraction of sp³-hybridized carbons (Fsp3) is 0.562. The fourth-order valence-corrected chi connectivity index (χ4v) is 3.00. The van der Waals surface area contributed by atoms with Crippen LogP contribution in [0.3, 0.4) is 0 Å². The standard InChI is InChI=1S/C16H22F2N2O/c1-2-6-16(7-3-8-19-11-16)15(21)20-10-12-4-5-13(17)9-14(12)18/h4-5,9,19H,2-3,6-8,10-11H2,1H3,(H,20,21). The number of carbonyl (C=O) groups excluding carboxylic acids is 1. The van der Waals surface area contributed by atoms with Crippen LogP contribution in [-0.4, -0.2) is 19.0 Å². The molecule has 1 atom stereocenters. The van der Waals surface area contributed by atoms with E-state index >= 15 is 0 Å². The van der Waals surface area contributed by atoms with Crippen LogP contribution in [0, 0.1) is 17.0 Å². The van der Waals surface area contributed by atoms with Gasteiger partial charge in [0.25, 0.3) is 0 Å². The molecule has 1 saturated heterocycles. The van der Waals surface area contributed by atoms with E-state index in [1.54, 1.807) is 0 Å². The first-order valence-corrected chi connectivity index (χ1v) is 7.50. The molecule has 1 amide bonds. The number of halogens is 2. The van der Waals surface area contributed by atoms with E-state index in [2.05, 4.69) is 17.6 Å². The lowest BCUT2D eigenvalue weighted by Crippen LogP contribution is -2.50. The lowest BCUT2D eigenvalue weighted by Gasteiger charge is -2.36. The number of rotatable bonds is 5. The van der Waals surface area contributed by atoms with Gasteiger partial charge in [0.2, 0.25) is 5.91 Å². The molecule has 5 heteroatoms. The van der Waals surface area contributed by atoms with Crippen LogP contribution in [0.2, 0.25) is 0 Å². The number of amides is 1. The van der Waals surface area contributed by atoms with Crippen LogP contribution in [0.25, 0.3) is 0 Å². The van der Waals surface area contributed by atoms with Gasteiger partial charge in [-0.3, -0.25) is 4.79 Å². The largest absolute Gasteiger partial charge is 0.351 e. The van der Waals surface area contributed by atoms with E-state index in [0.29, 0.717) is 12.1 Å². The predicted molar refractivity (Wildman–Crippen MR) is 77.6 cm³/mol. The molecule has 1 aromatic carbocycles. The Kier molecular flexibility index (Phi) is 5.28. The van der Waals surface area contributed by atoms with Crippen molar-refractivity contribution in [3.8, 4) is 0 Å². The summed E-state index contributed by atoms with van der Waals surface area (Å²) in [5.74, 6) is -1.27. The minimum Gasteiger partial charge on any atom is -0.351 e. The second-order valence-corrected chi connectivity index (χ2v) is 5.73. The summed E-state index contributed by atoms with van der Waals surface area (Å²) in [6.07, 6.45) is 3.57. The van der Waals surface area contributed by atoms with Crippen molar-refractivity contribution in [1.29, 1.82) is 0 Å². The van der Waals surface area contributed by atoms with E-state index < -0.39 is 17.0 Å². The van der Waals surface area contributed by atoms with Gasteiger partial charge in [0.1, 0.15) is 11.6 Å². The Morgan fingerprint density at radius 3 is 2.86 bits per heavy atom. The lowest BCUT2D eigenvalue weighted by atomic mass is 9.76. The third kappa shape index (κ3) is 3.79. The smallest absolute Gasteiger partial charge is 0.227 e. The molecule has 1 heterocycles. The van der Waals surface area contributed by atoms with Crippen molar-refractivity contribution >= 4 is 5.91 Å². The summed E-state index contributed by atoms with van der Waals surface area (Å²) in [5.41, 5.74) is -0.0936. The highest BCUT2D eigenvalue weighted by Crippen LogP contribution is 2.32. The molecule has 1 fully saturated rings. The quantitative estimate of drug-likeness (QED) is 0.877. The minimum atomic E-state index is -0.624. The summed E-state index contributed by atoms with van der Waals surface area (Å²) in [6, 6.07) is 3.41. The molecule has 3 nitrogen and oxygen atoms in total. The van der Waals surface area contributed by atoms with Crippen molar-refractivity contribution in [3.63, 3.8) is 0 Å². The van der Waals surface area contributed by atoms with Crippen LogP contribution in [0.5, 0.6) is 0 Å². The maximum absolute atomic E-state index is 13.6. The molecule has 0 aromatic heterocycles. The minimum absolute atomic E-state index is 0.0414. The second-order valence-electron chi connectivity index (χ2n) is 5.73. The Morgan fingerprint density at radius 2 is 2.24 bits per heavy atom. The molecule has 21 heavy (non-hydrogen) atoms. The summed E-state index contributed by atoms with van der Waals surface area (Å²) in [7, 11) is 0. The predicted octanol–water partition coefficient (Wildman–Crippen LogP) is 2.75. The zero-order chi connectivity index (χ0) is 15.3. The normalized spacial score (nSPS) is 22.0. The van der Waals surface area contributed by atoms with Gasteiger partial charge >= 0.3 is 0 Å². The van der Waals surface area contributed by atoms with Crippen molar-refractivity contribution in [1.82, 2.24) is 10.6 Å². The van der Waals surface area contributed by atoms with Crippen LogP contribution < -0.4 is 10.6 Å². The van der Waals surface area contributed by atoms with Gasteiger partial charge in [-0.15, -0.1) is 0 Å². The topological polar surface area (TPSA) is 41.1 Å². The molecule has 0 saturated carbocycles. The number of carbonyl (C=O) groups is 1. The molecule has 2 rings (SSSR count). The van der Waals surface area contributed by atoms with Crippen LogP contribution in [-0.2, 0) is 11.3 Å². The van der Waals surface area contributed by atoms with Crippen LogP contribution in [0.1, 0.15) is 38.2 Å².